The van der Waals surface area contributed by atoms with Crippen molar-refractivity contribution in [1.29, 1.82) is 0 Å². The van der Waals surface area contributed by atoms with Crippen molar-refractivity contribution in [3.8, 4) is 11.1 Å². The lowest BCUT2D eigenvalue weighted by Gasteiger charge is -2.21. The molecule has 194 valence electrons. The fourth-order valence-corrected chi connectivity index (χ4v) is 6.80. The number of benzene rings is 5. The summed E-state index contributed by atoms with van der Waals surface area (Å²) in [5.74, 6) is 0.182. The SMILES string of the molecule is BrC1=C2N=c3cc4c(cc3=C2C(c2ccc(-c3ccccc3)cc2)C=C1)N=C(c1ccccc1)C4c1ccccc1. The van der Waals surface area contributed by atoms with E-state index in [1.165, 1.54) is 38.6 Å². The Morgan fingerprint density at radius 2 is 1.22 bits per heavy atom. The van der Waals surface area contributed by atoms with Crippen LogP contribution in [0.1, 0.15) is 34.1 Å². The van der Waals surface area contributed by atoms with Gasteiger partial charge in [0.2, 0.25) is 0 Å². The van der Waals surface area contributed by atoms with E-state index in [-0.39, 0.29) is 11.8 Å². The molecule has 5 aromatic rings. The number of allylic oxidation sites excluding steroid dienone is 4. The van der Waals surface area contributed by atoms with Gasteiger partial charge in [-0.2, -0.15) is 0 Å². The van der Waals surface area contributed by atoms with Gasteiger partial charge in [0, 0.05) is 15.6 Å². The summed E-state index contributed by atoms with van der Waals surface area (Å²) in [6.07, 6.45) is 4.43. The molecule has 2 atom stereocenters. The second kappa shape index (κ2) is 9.79. The summed E-state index contributed by atoms with van der Waals surface area (Å²) in [5, 5.41) is 2.19. The molecular formula is C38H25BrN2. The van der Waals surface area contributed by atoms with E-state index in [1.807, 2.05) is 0 Å². The van der Waals surface area contributed by atoms with E-state index in [9.17, 15) is 0 Å². The third-order valence-electron chi connectivity index (χ3n) is 8.30. The molecular weight excluding hydrogens is 564 g/mol. The fourth-order valence-electron chi connectivity index (χ4n) is 6.35. The standard InChI is InChI=1S/C38H25BrN2/c39-32-21-20-29(26-18-16-25(17-19-26)24-10-4-1-5-11-24)36-31-23-33-30(22-34(31)41-38(32)36)35(27-12-6-2-7-13-27)37(40-33)28-14-8-3-9-15-28/h1-23,29,35H. The lowest BCUT2D eigenvalue weighted by molar-refractivity contribution is 1.07. The molecule has 0 saturated carbocycles. The Balaban J connectivity index is 1.29. The first-order valence-corrected chi connectivity index (χ1v) is 14.7. The van der Waals surface area contributed by atoms with Gasteiger partial charge in [-0.1, -0.05) is 121 Å². The summed E-state index contributed by atoms with van der Waals surface area (Å²) in [5.41, 5.74) is 11.7. The van der Waals surface area contributed by atoms with E-state index < -0.39 is 0 Å². The summed E-state index contributed by atoms with van der Waals surface area (Å²) < 4.78 is 1.02. The Morgan fingerprint density at radius 1 is 0.585 bits per heavy atom. The van der Waals surface area contributed by atoms with Crippen LogP contribution in [0.2, 0.25) is 0 Å². The number of hydrogen-bond donors (Lipinski definition) is 0. The van der Waals surface area contributed by atoms with Gasteiger partial charge in [-0.15, -0.1) is 0 Å². The van der Waals surface area contributed by atoms with Gasteiger partial charge in [0.1, 0.15) is 0 Å². The van der Waals surface area contributed by atoms with Crippen molar-refractivity contribution < 1.29 is 0 Å². The highest BCUT2D eigenvalue weighted by atomic mass is 79.9. The van der Waals surface area contributed by atoms with Crippen molar-refractivity contribution >= 4 is 32.9 Å². The Kier molecular flexibility index (Phi) is 5.79. The molecule has 2 heterocycles. The highest BCUT2D eigenvalue weighted by Crippen LogP contribution is 2.44. The minimum Gasteiger partial charge on any atom is -0.251 e. The normalized spacial score (nSPS) is 18.5. The van der Waals surface area contributed by atoms with Crippen LogP contribution in [0.5, 0.6) is 0 Å². The van der Waals surface area contributed by atoms with Crippen molar-refractivity contribution in [1.82, 2.24) is 0 Å². The first kappa shape index (κ1) is 24.2. The maximum atomic E-state index is 5.27. The molecule has 3 heteroatoms. The molecule has 0 N–H and O–H groups in total. The third-order valence-corrected chi connectivity index (χ3v) is 8.94. The van der Waals surface area contributed by atoms with Crippen LogP contribution in [0.3, 0.4) is 0 Å². The molecule has 2 aliphatic heterocycles. The molecule has 0 spiro atoms. The Morgan fingerprint density at radius 3 is 1.93 bits per heavy atom. The number of nitrogens with zero attached hydrogens (tertiary/aromatic N) is 2. The van der Waals surface area contributed by atoms with Gasteiger partial charge >= 0.3 is 0 Å². The van der Waals surface area contributed by atoms with E-state index in [1.54, 1.807) is 0 Å². The fraction of sp³-hybridized carbons (Fsp3) is 0.0526. The Labute approximate surface area is 247 Å². The minimum absolute atomic E-state index is 0.0681. The lowest BCUT2D eigenvalue weighted by atomic mass is 9.83. The van der Waals surface area contributed by atoms with Gasteiger partial charge in [0.05, 0.1) is 28.4 Å². The van der Waals surface area contributed by atoms with Crippen LogP contribution in [-0.4, -0.2) is 5.71 Å². The van der Waals surface area contributed by atoms with Crippen molar-refractivity contribution in [2.75, 3.05) is 0 Å². The maximum Gasteiger partial charge on any atom is 0.0827 e. The Bertz CT molecular complexity index is 2020. The van der Waals surface area contributed by atoms with Gasteiger partial charge < -0.3 is 0 Å². The van der Waals surface area contributed by atoms with Gasteiger partial charge in [0.25, 0.3) is 0 Å². The summed E-state index contributed by atoms with van der Waals surface area (Å²) in [7, 11) is 0. The quantitative estimate of drug-likeness (QED) is 0.201. The van der Waals surface area contributed by atoms with Crippen molar-refractivity contribution in [3.05, 3.63) is 183 Å². The molecule has 3 aliphatic rings. The molecule has 0 aromatic heterocycles. The van der Waals surface area contributed by atoms with E-state index in [2.05, 4.69) is 155 Å². The van der Waals surface area contributed by atoms with Crippen molar-refractivity contribution in [2.45, 2.75) is 11.8 Å². The number of hydrogen-bond acceptors (Lipinski definition) is 2. The van der Waals surface area contributed by atoms with Gasteiger partial charge in [-0.3, -0.25) is 4.99 Å². The summed E-state index contributed by atoms with van der Waals surface area (Å²) >= 11 is 3.80. The highest BCUT2D eigenvalue weighted by molar-refractivity contribution is 9.11. The zero-order valence-corrected chi connectivity index (χ0v) is 23.8. The van der Waals surface area contributed by atoms with Crippen molar-refractivity contribution in [3.63, 3.8) is 0 Å². The van der Waals surface area contributed by atoms with Crippen LogP contribution in [0.25, 0.3) is 16.7 Å². The summed E-state index contributed by atoms with van der Waals surface area (Å²) in [6, 6.07) is 45.3. The first-order valence-electron chi connectivity index (χ1n) is 13.9. The monoisotopic (exact) mass is 588 g/mol. The maximum absolute atomic E-state index is 5.27. The average Bonchev–Trinajstić information content (AvgIpc) is 3.60. The molecule has 41 heavy (non-hydrogen) atoms. The molecule has 5 aromatic carbocycles. The second-order valence-corrected chi connectivity index (χ2v) is 11.5. The molecule has 0 radical (unpaired) electrons. The number of rotatable bonds is 4. The number of fused-ring (bicyclic) bond motifs is 3. The first-order chi connectivity index (χ1) is 20.2. The molecule has 8 rings (SSSR count). The predicted octanol–water partition coefficient (Wildman–Crippen LogP) is 8.36. The summed E-state index contributed by atoms with van der Waals surface area (Å²) in [6.45, 7) is 0. The number of halogens is 1. The molecule has 1 aliphatic carbocycles. The van der Waals surface area contributed by atoms with Crippen LogP contribution in [0, 0.1) is 0 Å². The zero-order chi connectivity index (χ0) is 27.3. The topological polar surface area (TPSA) is 24.7 Å². The largest absolute Gasteiger partial charge is 0.251 e. The van der Waals surface area contributed by atoms with Crippen LogP contribution in [0.4, 0.5) is 5.69 Å². The van der Waals surface area contributed by atoms with Gasteiger partial charge in [0.15, 0.2) is 0 Å². The van der Waals surface area contributed by atoms with E-state index in [0.29, 0.717) is 0 Å². The zero-order valence-electron chi connectivity index (χ0n) is 22.2. The Hall–Kier alpha value is -4.60. The average molecular weight is 590 g/mol. The van der Waals surface area contributed by atoms with E-state index in [0.717, 1.165) is 32.5 Å². The molecule has 0 saturated heterocycles. The highest BCUT2D eigenvalue weighted by Gasteiger charge is 2.33. The number of aliphatic imine (C=N–C) groups is 1. The van der Waals surface area contributed by atoms with E-state index >= 15 is 0 Å². The lowest BCUT2D eigenvalue weighted by Crippen LogP contribution is -2.25. The van der Waals surface area contributed by atoms with Crippen LogP contribution < -0.4 is 10.6 Å². The summed E-state index contributed by atoms with van der Waals surface area (Å²) in [4.78, 5) is 10.5. The predicted molar refractivity (Wildman–Crippen MR) is 171 cm³/mol. The molecule has 0 bridgehead atoms. The van der Waals surface area contributed by atoms with E-state index in [4.69, 9.17) is 9.98 Å². The smallest absolute Gasteiger partial charge is 0.0827 e. The van der Waals surface area contributed by atoms with Crippen LogP contribution >= 0.6 is 15.9 Å². The molecule has 0 amide bonds. The molecule has 2 nitrogen and oxygen atoms in total. The van der Waals surface area contributed by atoms with Crippen LogP contribution in [-0.2, 0) is 0 Å². The van der Waals surface area contributed by atoms with Gasteiger partial charge in [-0.25, -0.2) is 4.99 Å². The molecule has 0 fully saturated rings. The van der Waals surface area contributed by atoms with Crippen LogP contribution in [0.15, 0.2) is 160 Å². The minimum atomic E-state index is 0.0681. The molecule has 2 unspecified atom stereocenters. The second-order valence-electron chi connectivity index (χ2n) is 10.7. The van der Waals surface area contributed by atoms with Crippen molar-refractivity contribution in [2.24, 2.45) is 9.98 Å². The third kappa shape index (κ3) is 4.08. The van der Waals surface area contributed by atoms with Gasteiger partial charge in [-0.05, 0) is 73.1 Å².